The highest BCUT2D eigenvalue weighted by atomic mass is 16.4. The summed E-state index contributed by atoms with van der Waals surface area (Å²) in [5.41, 5.74) is -0.605. The third-order valence-corrected chi connectivity index (χ3v) is 1.94. The van der Waals surface area contributed by atoms with E-state index in [0.29, 0.717) is 0 Å². The van der Waals surface area contributed by atoms with Crippen LogP contribution in [-0.4, -0.2) is 20.9 Å². The van der Waals surface area contributed by atoms with Crippen molar-refractivity contribution in [1.82, 2.24) is 9.78 Å². The second kappa shape index (κ2) is 2.23. The fourth-order valence-corrected chi connectivity index (χ4v) is 1.14. The van der Waals surface area contributed by atoms with E-state index in [4.69, 9.17) is 5.11 Å². The van der Waals surface area contributed by atoms with Gasteiger partial charge in [-0.05, 0) is 12.8 Å². The lowest BCUT2D eigenvalue weighted by atomic mass is 10.4. The molecule has 0 aliphatic heterocycles. The Labute approximate surface area is 67.6 Å². The smallest absolute Gasteiger partial charge is 0.342 e. The number of H-pyrrole nitrogens is 1. The van der Waals surface area contributed by atoms with Gasteiger partial charge in [-0.2, -0.15) is 0 Å². The minimum Gasteiger partial charge on any atom is -0.477 e. The second-order valence-electron chi connectivity index (χ2n) is 2.90. The summed E-state index contributed by atoms with van der Waals surface area (Å²) in [5.74, 6) is -1.17. The number of carboxylic acids is 1. The number of carboxylic acid groups (broad SMARTS) is 1. The van der Waals surface area contributed by atoms with Crippen molar-refractivity contribution < 1.29 is 9.90 Å². The van der Waals surface area contributed by atoms with Crippen LogP contribution < -0.4 is 5.56 Å². The standard InChI is InChI=1S/C7H8N2O3/c10-6-5(7(11)12)3-8-9(6)4-1-2-4/h3-4,8H,1-2H2,(H,11,12). The molecule has 2 rings (SSSR count). The molecule has 64 valence electrons. The summed E-state index contributed by atoms with van der Waals surface area (Å²) in [4.78, 5) is 21.7. The lowest BCUT2D eigenvalue weighted by molar-refractivity contribution is 0.0695. The van der Waals surface area contributed by atoms with Gasteiger partial charge in [0, 0.05) is 6.20 Å². The number of nitrogens with one attached hydrogen (secondary N) is 1. The largest absolute Gasteiger partial charge is 0.477 e. The molecular formula is C7H8N2O3. The van der Waals surface area contributed by atoms with Crippen molar-refractivity contribution in [1.29, 1.82) is 0 Å². The van der Waals surface area contributed by atoms with E-state index < -0.39 is 11.5 Å². The van der Waals surface area contributed by atoms with E-state index in [1.165, 1.54) is 10.9 Å². The van der Waals surface area contributed by atoms with Crippen LogP contribution in [0.4, 0.5) is 0 Å². The average Bonchev–Trinajstić information content (AvgIpc) is 2.75. The Kier molecular flexibility index (Phi) is 1.33. The zero-order valence-corrected chi connectivity index (χ0v) is 6.28. The SMILES string of the molecule is O=C(O)c1c[nH]n(C2CC2)c1=O. The van der Waals surface area contributed by atoms with E-state index >= 15 is 0 Å². The Morgan fingerprint density at radius 3 is 2.75 bits per heavy atom. The molecule has 12 heavy (non-hydrogen) atoms. The summed E-state index contributed by atoms with van der Waals surface area (Å²) < 4.78 is 1.38. The van der Waals surface area contributed by atoms with Crippen molar-refractivity contribution >= 4 is 5.97 Å². The van der Waals surface area contributed by atoms with Crippen molar-refractivity contribution in [2.45, 2.75) is 18.9 Å². The minimum absolute atomic E-state index is 0.179. The third-order valence-electron chi connectivity index (χ3n) is 1.94. The summed E-state index contributed by atoms with van der Waals surface area (Å²) >= 11 is 0. The predicted molar refractivity (Wildman–Crippen MR) is 40.3 cm³/mol. The van der Waals surface area contributed by atoms with E-state index in [1.54, 1.807) is 0 Å². The highest BCUT2D eigenvalue weighted by Gasteiger charge is 2.27. The number of hydrogen-bond donors (Lipinski definition) is 2. The molecule has 1 aliphatic carbocycles. The topological polar surface area (TPSA) is 75.1 Å². The molecule has 0 aromatic carbocycles. The zero-order chi connectivity index (χ0) is 8.72. The number of aromatic carboxylic acids is 1. The first-order chi connectivity index (χ1) is 5.70. The van der Waals surface area contributed by atoms with Crippen molar-refractivity contribution in [2.24, 2.45) is 0 Å². The monoisotopic (exact) mass is 168 g/mol. The molecule has 1 aromatic heterocycles. The van der Waals surface area contributed by atoms with Gasteiger partial charge in [0.05, 0.1) is 6.04 Å². The second-order valence-corrected chi connectivity index (χ2v) is 2.90. The van der Waals surface area contributed by atoms with Gasteiger partial charge in [0.25, 0.3) is 5.56 Å². The lowest BCUT2D eigenvalue weighted by Gasteiger charge is -1.93. The number of carbonyl (C=O) groups is 1. The van der Waals surface area contributed by atoms with Crippen LogP contribution in [0.2, 0.25) is 0 Å². The van der Waals surface area contributed by atoms with Gasteiger partial charge in [0.1, 0.15) is 5.56 Å². The van der Waals surface area contributed by atoms with E-state index in [-0.39, 0.29) is 11.6 Å². The van der Waals surface area contributed by atoms with Crippen LogP contribution in [0.15, 0.2) is 11.0 Å². The first-order valence-electron chi connectivity index (χ1n) is 3.73. The van der Waals surface area contributed by atoms with Gasteiger partial charge < -0.3 is 10.2 Å². The number of aromatic amines is 1. The fourth-order valence-electron chi connectivity index (χ4n) is 1.14. The number of rotatable bonds is 2. The molecule has 1 aliphatic rings. The number of aromatic nitrogens is 2. The van der Waals surface area contributed by atoms with Crippen molar-refractivity contribution in [3.8, 4) is 0 Å². The Hall–Kier alpha value is -1.52. The Morgan fingerprint density at radius 1 is 1.67 bits per heavy atom. The maximum atomic E-state index is 11.2. The molecule has 5 heteroatoms. The van der Waals surface area contributed by atoms with Crippen LogP contribution in [0.5, 0.6) is 0 Å². The van der Waals surface area contributed by atoms with Gasteiger partial charge in [-0.1, -0.05) is 0 Å². The molecule has 1 heterocycles. The van der Waals surface area contributed by atoms with Crippen LogP contribution >= 0.6 is 0 Å². The fraction of sp³-hybridized carbons (Fsp3) is 0.429. The van der Waals surface area contributed by atoms with E-state index in [1.807, 2.05) is 0 Å². The molecule has 5 nitrogen and oxygen atoms in total. The van der Waals surface area contributed by atoms with Gasteiger partial charge in [-0.15, -0.1) is 0 Å². The molecular weight excluding hydrogens is 160 g/mol. The minimum atomic E-state index is -1.17. The van der Waals surface area contributed by atoms with Gasteiger partial charge in [-0.3, -0.25) is 4.79 Å². The molecule has 0 radical (unpaired) electrons. The Balaban J connectivity index is 2.46. The first kappa shape index (κ1) is 7.15. The molecule has 1 aromatic rings. The van der Waals surface area contributed by atoms with Crippen LogP contribution in [-0.2, 0) is 0 Å². The Morgan fingerprint density at radius 2 is 2.33 bits per heavy atom. The molecule has 0 unspecified atom stereocenters. The Bertz CT molecular complexity index is 372. The van der Waals surface area contributed by atoms with E-state index in [2.05, 4.69) is 5.10 Å². The van der Waals surface area contributed by atoms with Crippen LogP contribution in [0.3, 0.4) is 0 Å². The first-order valence-corrected chi connectivity index (χ1v) is 3.73. The van der Waals surface area contributed by atoms with E-state index in [0.717, 1.165) is 12.8 Å². The molecule has 1 saturated carbocycles. The van der Waals surface area contributed by atoms with Gasteiger partial charge in [0.2, 0.25) is 0 Å². The summed E-state index contributed by atoms with van der Waals surface area (Å²) in [6.45, 7) is 0. The molecule has 0 bridgehead atoms. The molecule has 0 spiro atoms. The van der Waals surface area contributed by atoms with E-state index in [9.17, 15) is 9.59 Å². The number of hydrogen-bond acceptors (Lipinski definition) is 2. The van der Waals surface area contributed by atoms with Gasteiger partial charge >= 0.3 is 5.97 Å². The zero-order valence-electron chi connectivity index (χ0n) is 6.28. The quantitative estimate of drug-likeness (QED) is 0.662. The third kappa shape index (κ3) is 0.939. The highest BCUT2D eigenvalue weighted by molar-refractivity contribution is 5.86. The van der Waals surface area contributed by atoms with Crippen LogP contribution in [0, 0.1) is 0 Å². The molecule has 2 N–H and O–H groups in total. The summed E-state index contributed by atoms with van der Waals surface area (Å²) in [5, 5.41) is 11.2. The van der Waals surface area contributed by atoms with Gasteiger partial charge in [-0.25, -0.2) is 9.48 Å². The highest BCUT2D eigenvalue weighted by Crippen LogP contribution is 2.32. The van der Waals surface area contributed by atoms with Gasteiger partial charge in [0.15, 0.2) is 0 Å². The van der Waals surface area contributed by atoms with Crippen molar-refractivity contribution in [2.75, 3.05) is 0 Å². The maximum absolute atomic E-state index is 11.2. The maximum Gasteiger partial charge on any atom is 0.342 e. The lowest BCUT2D eigenvalue weighted by Crippen LogP contribution is -2.20. The summed E-state index contributed by atoms with van der Waals surface area (Å²) in [7, 11) is 0. The van der Waals surface area contributed by atoms with Crippen LogP contribution in [0.1, 0.15) is 29.2 Å². The molecule has 0 saturated heterocycles. The van der Waals surface area contributed by atoms with Crippen LogP contribution in [0.25, 0.3) is 0 Å². The summed E-state index contributed by atoms with van der Waals surface area (Å²) in [6.07, 6.45) is 3.15. The predicted octanol–water partition coefficient (Wildman–Crippen LogP) is 0.210. The molecule has 1 fully saturated rings. The normalized spacial score (nSPS) is 16.3. The molecule has 0 atom stereocenters. The summed E-state index contributed by atoms with van der Waals surface area (Å²) in [6, 6.07) is 0.200. The van der Waals surface area contributed by atoms with Crippen molar-refractivity contribution in [3.63, 3.8) is 0 Å². The van der Waals surface area contributed by atoms with Crippen molar-refractivity contribution in [3.05, 3.63) is 22.1 Å². The average molecular weight is 168 g/mol. The number of nitrogens with zero attached hydrogens (tertiary/aromatic N) is 1. The molecule has 0 amide bonds.